The van der Waals surface area contributed by atoms with Crippen molar-refractivity contribution < 1.29 is 14.3 Å². The fraction of sp³-hybridized carbons (Fsp3) is 0.778. The van der Waals surface area contributed by atoms with Crippen molar-refractivity contribution in [3.63, 3.8) is 0 Å². The van der Waals surface area contributed by atoms with E-state index in [1.54, 1.807) is 0 Å². The Morgan fingerprint density at radius 2 is 1.79 bits per heavy atom. The van der Waals surface area contributed by atoms with Crippen molar-refractivity contribution in [3.05, 3.63) is 5.53 Å². The van der Waals surface area contributed by atoms with Crippen LogP contribution in [0.2, 0.25) is 18.1 Å². The summed E-state index contributed by atoms with van der Waals surface area (Å²) in [6.07, 6.45) is 0. The van der Waals surface area contributed by atoms with E-state index in [0.29, 0.717) is 0 Å². The van der Waals surface area contributed by atoms with E-state index >= 15 is 0 Å². The Bertz CT molecular complexity index is 286. The highest BCUT2D eigenvalue weighted by Gasteiger charge is 2.50. The third-order valence-corrected chi connectivity index (χ3v) is 8.18. The molecule has 0 aromatic carbocycles. The first-order valence-electron chi connectivity index (χ1n) is 4.49. The van der Waals surface area contributed by atoms with E-state index in [4.69, 9.17) is 5.53 Å². The minimum atomic E-state index is -2.09. The van der Waals surface area contributed by atoms with E-state index < -0.39 is 14.0 Å². The van der Waals surface area contributed by atoms with E-state index in [1.165, 1.54) is 7.11 Å². The molecule has 0 aromatic rings. The second-order valence-electron chi connectivity index (χ2n) is 4.82. The molecule has 0 radical (unpaired) electrons. The van der Waals surface area contributed by atoms with E-state index in [-0.39, 0.29) is 10.4 Å². The zero-order chi connectivity index (χ0) is 11.6. The van der Waals surface area contributed by atoms with Crippen LogP contribution in [0.4, 0.5) is 0 Å². The van der Waals surface area contributed by atoms with Gasteiger partial charge in [-0.3, -0.25) is 0 Å². The molecule has 0 rings (SSSR count). The summed E-state index contributed by atoms with van der Waals surface area (Å²) in [5.74, 6) is -0.529. The van der Waals surface area contributed by atoms with E-state index in [0.717, 1.165) is 0 Å². The molecule has 0 amide bonds. The molecule has 0 aliphatic heterocycles. The molecule has 14 heavy (non-hydrogen) atoms. The largest absolute Gasteiger partial charge is 0.461 e. The van der Waals surface area contributed by atoms with Crippen molar-refractivity contribution in [2.75, 3.05) is 7.11 Å². The summed E-state index contributed by atoms with van der Waals surface area (Å²) in [6, 6.07) is 0. The number of hydrogen-bond acceptors (Lipinski definition) is 2. The Balaban J connectivity index is 5.27. The fourth-order valence-electron chi connectivity index (χ4n) is 0.873. The first kappa shape index (κ1) is 13.1. The third-order valence-electron chi connectivity index (χ3n) is 2.95. The molecule has 0 unspecified atom stereocenters. The van der Waals surface area contributed by atoms with Crippen molar-refractivity contribution in [3.8, 4) is 0 Å². The average Bonchev–Trinajstić information content (AvgIpc) is 2.02. The molecule has 0 saturated heterocycles. The summed E-state index contributed by atoms with van der Waals surface area (Å²) < 4.78 is 4.59. The van der Waals surface area contributed by atoms with Crippen LogP contribution in [-0.2, 0) is 9.53 Å². The molecule has 4 nitrogen and oxygen atoms in total. The third kappa shape index (κ3) is 2.30. The van der Waals surface area contributed by atoms with Crippen LogP contribution in [0.3, 0.4) is 0 Å². The Labute approximate surface area is 85.9 Å². The van der Waals surface area contributed by atoms with E-state index in [1.807, 2.05) is 33.9 Å². The standard InChI is InChI=1S/C9H18N2O2Si/c1-9(2,3)14(5,6)7(11-10)8(12)13-4/h1-6H3. The zero-order valence-electron chi connectivity index (χ0n) is 9.71. The smallest absolute Gasteiger partial charge is 0.409 e. The molecule has 0 atom stereocenters. The van der Waals surface area contributed by atoms with Gasteiger partial charge < -0.3 is 10.3 Å². The van der Waals surface area contributed by atoms with Crippen molar-refractivity contribution in [2.24, 2.45) is 0 Å². The number of carbonyl (C=O) groups is 1. The van der Waals surface area contributed by atoms with Gasteiger partial charge in [0, 0.05) is 0 Å². The Hall–Kier alpha value is -0.933. The molecular formula is C9H18N2O2Si. The predicted molar refractivity (Wildman–Crippen MR) is 57.8 cm³/mol. The highest BCUT2D eigenvalue weighted by molar-refractivity contribution is 7.13. The quantitative estimate of drug-likeness (QED) is 0.232. The van der Waals surface area contributed by atoms with Crippen molar-refractivity contribution in [2.45, 2.75) is 38.9 Å². The highest BCUT2D eigenvalue weighted by atomic mass is 28.3. The Morgan fingerprint density at radius 1 is 1.36 bits per heavy atom. The van der Waals surface area contributed by atoms with Crippen molar-refractivity contribution in [1.29, 1.82) is 0 Å². The lowest BCUT2D eigenvalue weighted by Crippen LogP contribution is -2.50. The molecule has 0 saturated carbocycles. The molecule has 5 heteroatoms. The Morgan fingerprint density at radius 3 is 2.00 bits per heavy atom. The monoisotopic (exact) mass is 214 g/mol. The SMILES string of the molecule is COC(=O)C(=[N+]=[N-])[Si](C)(C)C(C)(C)C. The summed E-state index contributed by atoms with van der Waals surface area (Å²) in [7, 11) is -0.801. The second kappa shape index (κ2) is 4.07. The topological polar surface area (TPSA) is 62.7 Å². The summed E-state index contributed by atoms with van der Waals surface area (Å²) in [6.45, 7) is 10.1. The van der Waals surface area contributed by atoms with Gasteiger partial charge in [0.15, 0.2) is 0 Å². The summed E-state index contributed by atoms with van der Waals surface area (Å²) >= 11 is 0. The molecule has 0 aliphatic rings. The second-order valence-corrected chi connectivity index (χ2v) is 10.0. The molecule has 0 N–H and O–H groups in total. The van der Waals surface area contributed by atoms with Crippen LogP contribution in [0.1, 0.15) is 20.8 Å². The van der Waals surface area contributed by atoms with E-state index in [2.05, 4.69) is 9.53 Å². The highest BCUT2D eigenvalue weighted by Crippen LogP contribution is 2.36. The zero-order valence-corrected chi connectivity index (χ0v) is 10.7. The van der Waals surface area contributed by atoms with Gasteiger partial charge in [0.1, 0.15) is 0 Å². The van der Waals surface area contributed by atoms with Crippen LogP contribution in [0.25, 0.3) is 5.53 Å². The number of esters is 1. The first-order valence-corrected chi connectivity index (χ1v) is 7.49. The molecule has 0 heterocycles. The number of ether oxygens (including phenoxy) is 1. The Kier molecular flexibility index (Phi) is 3.79. The summed E-state index contributed by atoms with van der Waals surface area (Å²) in [4.78, 5) is 14.5. The molecular weight excluding hydrogens is 196 g/mol. The molecule has 0 fully saturated rings. The van der Waals surface area contributed by atoms with Gasteiger partial charge in [-0.05, 0) is 5.04 Å². The lowest BCUT2D eigenvalue weighted by molar-refractivity contribution is -0.136. The summed E-state index contributed by atoms with van der Waals surface area (Å²) in [5, 5.41) is 0.135. The van der Waals surface area contributed by atoms with Gasteiger partial charge in [0.05, 0.1) is 7.11 Å². The lowest BCUT2D eigenvalue weighted by atomic mass is 10.2. The maximum absolute atomic E-state index is 11.4. The van der Waals surface area contributed by atoms with Crippen molar-refractivity contribution in [1.82, 2.24) is 0 Å². The number of hydrogen-bond donors (Lipinski definition) is 0. The van der Waals surface area contributed by atoms with Gasteiger partial charge in [0.25, 0.3) is 0 Å². The van der Waals surface area contributed by atoms with Gasteiger partial charge in [-0.1, -0.05) is 33.9 Å². The van der Waals surface area contributed by atoms with Crippen LogP contribution in [0.15, 0.2) is 0 Å². The lowest BCUT2D eigenvalue weighted by Gasteiger charge is -2.30. The fourth-order valence-corrected chi connectivity index (χ4v) is 2.45. The number of carbonyl (C=O) groups excluding carboxylic acids is 1. The number of methoxy groups -OCH3 is 1. The molecule has 80 valence electrons. The van der Waals surface area contributed by atoms with Crippen LogP contribution in [-0.4, -0.2) is 31.3 Å². The van der Waals surface area contributed by atoms with Crippen LogP contribution in [0, 0.1) is 0 Å². The van der Waals surface area contributed by atoms with Gasteiger partial charge in [0.2, 0.25) is 8.07 Å². The number of rotatable bonds is 2. The summed E-state index contributed by atoms with van der Waals surface area (Å²) in [5.41, 5.74) is 8.85. The average molecular weight is 214 g/mol. The normalized spacial score (nSPS) is 11.9. The number of nitrogens with zero attached hydrogens (tertiary/aromatic N) is 2. The van der Waals surface area contributed by atoms with Crippen molar-refractivity contribution >= 4 is 19.4 Å². The van der Waals surface area contributed by atoms with Gasteiger partial charge in [-0.25, -0.2) is 4.79 Å². The molecule has 0 spiro atoms. The van der Waals surface area contributed by atoms with E-state index in [9.17, 15) is 4.79 Å². The minimum Gasteiger partial charge on any atom is -0.461 e. The minimum absolute atomic E-state index is 0.0528. The van der Waals surface area contributed by atoms with Gasteiger partial charge >= 0.3 is 11.3 Å². The van der Waals surface area contributed by atoms with Gasteiger partial charge in [-0.2, -0.15) is 4.79 Å². The first-order chi connectivity index (χ1) is 6.18. The maximum Gasteiger partial charge on any atom is 0.409 e. The van der Waals surface area contributed by atoms with Crippen LogP contribution in [0.5, 0.6) is 0 Å². The van der Waals surface area contributed by atoms with Gasteiger partial charge in [-0.15, -0.1) is 0 Å². The predicted octanol–water partition coefficient (Wildman–Crippen LogP) is 1.88. The maximum atomic E-state index is 11.4. The van der Waals surface area contributed by atoms with Crippen LogP contribution < -0.4 is 0 Å². The molecule has 0 aromatic heterocycles. The molecule has 0 aliphatic carbocycles. The van der Waals surface area contributed by atoms with Crippen LogP contribution >= 0.6 is 0 Å². The molecule has 0 bridgehead atoms.